The summed E-state index contributed by atoms with van der Waals surface area (Å²) in [6, 6.07) is 0. The van der Waals surface area contributed by atoms with Crippen molar-refractivity contribution in [3.63, 3.8) is 0 Å². The SMILES string of the molecule is Cn1c(SCC(N)=O)nnc1C1CCCC1. The van der Waals surface area contributed by atoms with E-state index in [1.54, 1.807) is 0 Å². The van der Waals surface area contributed by atoms with Crippen molar-refractivity contribution in [2.24, 2.45) is 12.8 Å². The summed E-state index contributed by atoms with van der Waals surface area (Å²) < 4.78 is 1.99. The first kappa shape index (κ1) is 11.4. The van der Waals surface area contributed by atoms with Crippen molar-refractivity contribution in [3.8, 4) is 0 Å². The van der Waals surface area contributed by atoms with Gasteiger partial charge in [0.15, 0.2) is 5.16 Å². The first-order valence-corrected chi connectivity index (χ1v) is 6.47. The van der Waals surface area contributed by atoms with E-state index in [0.29, 0.717) is 5.92 Å². The standard InChI is InChI=1S/C10H16N4OS/c1-14-9(7-4-2-3-5-7)12-13-10(14)16-6-8(11)15/h7H,2-6H2,1H3,(H2,11,15). The summed E-state index contributed by atoms with van der Waals surface area (Å²) >= 11 is 1.35. The predicted molar refractivity (Wildman–Crippen MR) is 62.1 cm³/mol. The van der Waals surface area contributed by atoms with E-state index < -0.39 is 0 Å². The molecule has 0 radical (unpaired) electrons. The van der Waals surface area contributed by atoms with E-state index in [-0.39, 0.29) is 11.7 Å². The van der Waals surface area contributed by atoms with Crippen LogP contribution in [0, 0.1) is 0 Å². The Morgan fingerprint density at radius 1 is 1.50 bits per heavy atom. The highest BCUT2D eigenvalue weighted by Crippen LogP contribution is 2.33. The number of nitrogens with two attached hydrogens (primary N) is 1. The van der Waals surface area contributed by atoms with E-state index >= 15 is 0 Å². The minimum absolute atomic E-state index is 0.261. The molecule has 2 rings (SSSR count). The monoisotopic (exact) mass is 240 g/mol. The predicted octanol–water partition coefficient (Wildman–Crippen LogP) is 1.05. The Morgan fingerprint density at radius 3 is 2.81 bits per heavy atom. The van der Waals surface area contributed by atoms with Crippen LogP contribution < -0.4 is 5.73 Å². The van der Waals surface area contributed by atoms with E-state index in [1.165, 1.54) is 37.4 Å². The van der Waals surface area contributed by atoms with Gasteiger partial charge in [-0.25, -0.2) is 0 Å². The highest BCUT2D eigenvalue weighted by molar-refractivity contribution is 7.99. The van der Waals surface area contributed by atoms with Gasteiger partial charge in [0.05, 0.1) is 5.75 Å². The molecule has 1 aromatic rings. The summed E-state index contributed by atoms with van der Waals surface area (Å²) in [5, 5.41) is 9.09. The molecule has 1 fully saturated rings. The molecule has 0 aromatic carbocycles. The largest absolute Gasteiger partial charge is 0.369 e. The Balaban J connectivity index is 2.07. The number of hydrogen-bond donors (Lipinski definition) is 1. The van der Waals surface area contributed by atoms with Crippen molar-refractivity contribution >= 4 is 17.7 Å². The maximum Gasteiger partial charge on any atom is 0.227 e. The van der Waals surface area contributed by atoms with Crippen LogP contribution >= 0.6 is 11.8 Å². The third-order valence-corrected chi connectivity index (χ3v) is 3.97. The lowest BCUT2D eigenvalue weighted by atomic mass is 10.1. The quantitative estimate of drug-likeness (QED) is 0.798. The topological polar surface area (TPSA) is 73.8 Å². The summed E-state index contributed by atoms with van der Waals surface area (Å²) in [5.74, 6) is 1.52. The van der Waals surface area contributed by atoms with Gasteiger partial charge in [0.2, 0.25) is 5.91 Å². The van der Waals surface area contributed by atoms with Gasteiger partial charge in [0.1, 0.15) is 5.82 Å². The highest BCUT2D eigenvalue weighted by Gasteiger charge is 2.23. The number of nitrogens with zero attached hydrogens (tertiary/aromatic N) is 3. The molecule has 1 aliphatic carbocycles. The van der Waals surface area contributed by atoms with E-state index in [0.717, 1.165) is 11.0 Å². The molecule has 5 nitrogen and oxygen atoms in total. The van der Waals surface area contributed by atoms with Crippen molar-refractivity contribution in [1.82, 2.24) is 14.8 Å². The van der Waals surface area contributed by atoms with Crippen molar-refractivity contribution in [3.05, 3.63) is 5.82 Å². The van der Waals surface area contributed by atoms with Gasteiger partial charge in [-0.1, -0.05) is 24.6 Å². The second kappa shape index (κ2) is 4.86. The third kappa shape index (κ3) is 2.37. The second-order valence-electron chi connectivity index (χ2n) is 4.14. The number of carbonyl (C=O) groups excluding carboxylic acids is 1. The molecule has 16 heavy (non-hydrogen) atoms. The van der Waals surface area contributed by atoms with Crippen molar-refractivity contribution in [2.75, 3.05) is 5.75 Å². The van der Waals surface area contributed by atoms with Gasteiger partial charge in [-0.15, -0.1) is 10.2 Å². The summed E-state index contributed by atoms with van der Waals surface area (Å²) in [6.45, 7) is 0. The molecule has 1 aromatic heterocycles. The molecule has 1 saturated carbocycles. The van der Waals surface area contributed by atoms with Crippen LogP contribution in [0.5, 0.6) is 0 Å². The van der Waals surface area contributed by atoms with Crippen LogP contribution in [0.1, 0.15) is 37.4 Å². The summed E-state index contributed by atoms with van der Waals surface area (Å²) in [7, 11) is 1.96. The zero-order chi connectivity index (χ0) is 11.5. The molecule has 0 atom stereocenters. The molecule has 1 amide bonds. The van der Waals surface area contributed by atoms with E-state index in [2.05, 4.69) is 10.2 Å². The third-order valence-electron chi connectivity index (χ3n) is 2.93. The smallest absolute Gasteiger partial charge is 0.227 e. The van der Waals surface area contributed by atoms with Crippen LogP contribution in [-0.4, -0.2) is 26.4 Å². The fraction of sp³-hybridized carbons (Fsp3) is 0.700. The molecule has 1 aliphatic rings. The van der Waals surface area contributed by atoms with Crippen LogP contribution in [0.2, 0.25) is 0 Å². The minimum Gasteiger partial charge on any atom is -0.369 e. The zero-order valence-electron chi connectivity index (χ0n) is 9.35. The number of rotatable bonds is 4. The maximum atomic E-state index is 10.7. The Hall–Kier alpha value is -1.04. The molecule has 0 unspecified atom stereocenters. The number of primary amides is 1. The average Bonchev–Trinajstić information content (AvgIpc) is 2.84. The fourth-order valence-corrected chi connectivity index (χ4v) is 2.78. The van der Waals surface area contributed by atoms with Crippen LogP contribution in [0.25, 0.3) is 0 Å². The highest BCUT2D eigenvalue weighted by atomic mass is 32.2. The number of amides is 1. The van der Waals surface area contributed by atoms with E-state index in [4.69, 9.17) is 5.73 Å². The van der Waals surface area contributed by atoms with Gasteiger partial charge >= 0.3 is 0 Å². The molecule has 0 bridgehead atoms. The number of aromatic nitrogens is 3. The van der Waals surface area contributed by atoms with Gasteiger partial charge in [0.25, 0.3) is 0 Å². The van der Waals surface area contributed by atoms with Gasteiger partial charge in [-0.3, -0.25) is 4.79 Å². The zero-order valence-corrected chi connectivity index (χ0v) is 10.2. The fourth-order valence-electron chi connectivity index (χ4n) is 2.13. The molecule has 1 heterocycles. The van der Waals surface area contributed by atoms with Gasteiger partial charge < -0.3 is 10.3 Å². The van der Waals surface area contributed by atoms with Gasteiger partial charge in [-0.2, -0.15) is 0 Å². The minimum atomic E-state index is -0.324. The van der Waals surface area contributed by atoms with Crippen LogP contribution in [-0.2, 0) is 11.8 Å². The van der Waals surface area contributed by atoms with Gasteiger partial charge in [0, 0.05) is 13.0 Å². The molecule has 6 heteroatoms. The Morgan fingerprint density at radius 2 is 2.19 bits per heavy atom. The number of hydrogen-bond acceptors (Lipinski definition) is 4. The van der Waals surface area contributed by atoms with Crippen molar-refractivity contribution < 1.29 is 4.79 Å². The van der Waals surface area contributed by atoms with Crippen LogP contribution in [0.15, 0.2) is 5.16 Å². The first-order chi connectivity index (χ1) is 7.68. The average molecular weight is 240 g/mol. The summed E-state index contributed by atoms with van der Waals surface area (Å²) in [4.78, 5) is 10.7. The lowest BCUT2D eigenvalue weighted by molar-refractivity contribution is -0.115. The molecular formula is C10H16N4OS. The first-order valence-electron chi connectivity index (χ1n) is 5.49. The Kier molecular flexibility index (Phi) is 3.48. The second-order valence-corrected chi connectivity index (χ2v) is 5.08. The summed E-state index contributed by atoms with van der Waals surface area (Å²) in [6.07, 6.45) is 4.96. The number of carbonyl (C=O) groups is 1. The molecule has 88 valence electrons. The molecule has 0 aliphatic heterocycles. The van der Waals surface area contributed by atoms with E-state index in [9.17, 15) is 4.79 Å². The maximum absolute atomic E-state index is 10.7. The lowest BCUT2D eigenvalue weighted by Crippen LogP contribution is -2.13. The van der Waals surface area contributed by atoms with Crippen molar-refractivity contribution in [2.45, 2.75) is 36.8 Å². The molecule has 2 N–H and O–H groups in total. The molecular weight excluding hydrogens is 224 g/mol. The Labute approximate surface area is 98.8 Å². The molecule has 0 saturated heterocycles. The van der Waals surface area contributed by atoms with Crippen LogP contribution in [0.4, 0.5) is 0 Å². The lowest BCUT2D eigenvalue weighted by Gasteiger charge is -2.08. The van der Waals surface area contributed by atoms with Crippen LogP contribution in [0.3, 0.4) is 0 Å². The molecule has 0 spiro atoms. The van der Waals surface area contributed by atoms with Gasteiger partial charge in [-0.05, 0) is 12.8 Å². The van der Waals surface area contributed by atoms with Crippen molar-refractivity contribution in [1.29, 1.82) is 0 Å². The Bertz CT molecular complexity index is 384. The summed E-state index contributed by atoms with van der Waals surface area (Å²) in [5.41, 5.74) is 5.10. The number of thioether (sulfide) groups is 1. The normalized spacial score (nSPS) is 16.8. The van der Waals surface area contributed by atoms with E-state index in [1.807, 2.05) is 11.6 Å².